The third-order valence-electron chi connectivity index (χ3n) is 5.74. The number of amides is 2. The molecule has 2 atom stereocenters. The Labute approximate surface area is 154 Å². The van der Waals surface area contributed by atoms with Crippen LogP contribution in [0.25, 0.3) is 0 Å². The number of hydrogen-bond acceptors (Lipinski definition) is 4. The van der Waals surface area contributed by atoms with Gasteiger partial charge in [0.15, 0.2) is 0 Å². The number of carbonyl (C=O) groups is 2. The molecule has 0 aliphatic carbocycles. The van der Waals surface area contributed by atoms with E-state index in [0.29, 0.717) is 12.5 Å². The summed E-state index contributed by atoms with van der Waals surface area (Å²) in [6.07, 6.45) is 2.99. The molecule has 6 heteroatoms. The van der Waals surface area contributed by atoms with E-state index in [1.165, 1.54) is 11.1 Å². The first kappa shape index (κ1) is 17.5. The van der Waals surface area contributed by atoms with Gasteiger partial charge in [-0.3, -0.25) is 14.5 Å². The maximum absolute atomic E-state index is 13.1. The summed E-state index contributed by atoms with van der Waals surface area (Å²) in [5, 5.41) is 2.85. The lowest BCUT2D eigenvalue weighted by Gasteiger charge is -2.38. The monoisotopic (exact) mass is 357 g/mol. The van der Waals surface area contributed by atoms with E-state index in [-0.39, 0.29) is 24.5 Å². The summed E-state index contributed by atoms with van der Waals surface area (Å²) in [6.45, 7) is 4.86. The fourth-order valence-corrected chi connectivity index (χ4v) is 4.30. The van der Waals surface area contributed by atoms with Crippen LogP contribution in [0.15, 0.2) is 24.3 Å². The highest BCUT2D eigenvalue weighted by Gasteiger charge is 2.32. The van der Waals surface area contributed by atoms with Crippen molar-refractivity contribution in [2.45, 2.75) is 31.9 Å². The first-order valence-corrected chi connectivity index (χ1v) is 9.65. The van der Waals surface area contributed by atoms with Gasteiger partial charge in [-0.05, 0) is 36.9 Å². The number of ether oxygens (including phenoxy) is 1. The molecule has 3 aliphatic rings. The molecule has 3 aliphatic heterocycles. The summed E-state index contributed by atoms with van der Waals surface area (Å²) in [5.41, 5.74) is 2.66. The molecular formula is C20H27N3O3. The van der Waals surface area contributed by atoms with Gasteiger partial charge in [-0.15, -0.1) is 0 Å². The number of piperidine rings is 1. The van der Waals surface area contributed by atoms with Gasteiger partial charge in [0.2, 0.25) is 11.8 Å². The number of nitrogens with zero attached hydrogens (tertiary/aromatic N) is 2. The minimum atomic E-state index is -0.0432. The Hall–Kier alpha value is -1.92. The molecular weight excluding hydrogens is 330 g/mol. The van der Waals surface area contributed by atoms with E-state index >= 15 is 0 Å². The second kappa shape index (κ2) is 7.76. The van der Waals surface area contributed by atoms with E-state index in [0.717, 1.165) is 52.0 Å². The fourth-order valence-electron chi connectivity index (χ4n) is 4.30. The molecule has 0 bridgehead atoms. The number of likely N-dealkylation sites (tertiary alicyclic amines) is 1. The predicted octanol–water partition coefficient (Wildman–Crippen LogP) is 0.798. The zero-order chi connectivity index (χ0) is 17.9. The van der Waals surface area contributed by atoms with Gasteiger partial charge >= 0.3 is 0 Å². The number of morpholine rings is 1. The van der Waals surface area contributed by atoms with Gasteiger partial charge in [0.05, 0.1) is 12.0 Å². The van der Waals surface area contributed by atoms with Crippen LogP contribution in [0.5, 0.6) is 0 Å². The third-order valence-corrected chi connectivity index (χ3v) is 5.74. The van der Waals surface area contributed by atoms with Crippen molar-refractivity contribution in [3.05, 3.63) is 35.4 Å². The smallest absolute Gasteiger partial charge is 0.246 e. The van der Waals surface area contributed by atoms with E-state index in [1.807, 2.05) is 4.90 Å². The summed E-state index contributed by atoms with van der Waals surface area (Å²) in [6, 6.07) is 8.43. The Kier molecular flexibility index (Phi) is 5.22. The van der Waals surface area contributed by atoms with Crippen LogP contribution in [-0.2, 0) is 27.3 Å². The van der Waals surface area contributed by atoms with E-state index < -0.39 is 0 Å². The molecule has 1 aromatic carbocycles. The maximum atomic E-state index is 13.1. The molecule has 6 nitrogen and oxygen atoms in total. The molecule has 140 valence electrons. The van der Waals surface area contributed by atoms with Crippen LogP contribution in [0.3, 0.4) is 0 Å². The maximum Gasteiger partial charge on any atom is 0.246 e. The third kappa shape index (κ3) is 3.91. The van der Waals surface area contributed by atoms with E-state index in [9.17, 15) is 9.59 Å². The van der Waals surface area contributed by atoms with E-state index in [4.69, 9.17) is 4.74 Å². The summed E-state index contributed by atoms with van der Waals surface area (Å²) < 4.78 is 5.60. The van der Waals surface area contributed by atoms with Gasteiger partial charge in [-0.25, -0.2) is 0 Å². The Morgan fingerprint density at radius 2 is 2.08 bits per heavy atom. The Bertz CT molecular complexity index is 668. The topological polar surface area (TPSA) is 61.9 Å². The highest BCUT2D eigenvalue weighted by atomic mass is 16.5. The van der Waals surface area contributed by atoms with Crippen LogP contribution in [0.1, 0.15) is 24.0 Å². The number of fused-ring (bicyclic) bond motifs is 1. The SMILES string of the molecule is O=C1COC(CN2CCCC(C(=O)N3CCc4ccccc4C3)C2)CN1. The molecule has 2 saturated heterocycles. The normalized spacial score (nSPS) is 26.9. The summed E-state index contributed by atoms with van der Waals surface area (Å²) in [4.78, 5) is 28.6. The Morgan fingerprint density at radius 3 is 2.88 bits per heavy atom. The first-order valence-electron chi connectivity index (χ1n) is 9.65. The summed E-state index contributed by atoms with van der Waals surface area (Å²) in [7, 11) is 0. The van der Waals surface area contributed by atoms with Crippen molar-refractivity contribution in [2.75, 3.05) is 39.3 Å². The van der Waals surface area contributed by atoms with Crippen molar-refractivity contribution >= 4 is 11.8 Å². The van der Waals surface area contributed by atoms with Crippen molar-refractivity contribution in [3.8, 4) is 0 Å². The molecule has 0 saturated carbocycles. The molecule has 4 rings (SSSR count). The van der Waals surface area contributed by atoms with Crippen molar-refractivity contribution in [3.63, 3.8) is 0 Å². The first-order chi connectivity index (χ1) is 12.7. The Morgan fingerprint density at radius 1 is 1.23 bits per heavy atom. The van der Waals surface area contributed by atoms with Crippen LogP contribution in [0, 0.1) is 5.92 Å². The van der Waals surface area contributed by atoms with Crippen molar-refractivity contribution in [2.24, 2.45) is 5.92 Å². The van der Waals surface area contributed by atoms with E-state index in [2.05, 4.69) is 34.5 Å². The van der Waals surface area contributed by atoms with Gasteiger partial charge in [0, 0.05) is 32.7 Å². The number of rotatable bonds is 3. The molecule has 1 aromatic rings. The zero-order valence-corrected chi connectivity index (χ0v) is 15.2. The molecule has 3 heterocycles. The zero-order valence-electron chi connectivity index (χ0n) is 15.2. The van der Waals surface area contributed by atoms with Crippen LogP contribution >= 0.6 is 0 Å². The molecule has 2 unspecified atom stereocenters. The van der Waals surface area contributed by atoms with E-state index in [1.54, 1.807) is 0 Å². The second-order valence-electron chi connectivity index (χ2n) is 7.61. The van der Waals surface area contributed by atoms with Gasteiger partial charge in [-0.1, -0.05) is 24.3 Å². The lowest BCUT2D eigenvalue weighted by atomic mass is 9.93. The molecule has 1 N–H and O–H groups in total. The highest BCUT2D eigenvalue weighted by Crippen LogP contribution is 2.24. The molecule has 2 fully saturated rings. The number of benzene rings is 1. The number of carbonyl (C=O) groups excluding carboxylic acids is 2. The van der Waals surface area contributed by atoms with Crippen LogP contribution in [-0.4, -0.2) is 67.0 Å². The molecule has 0 radical (unpaired) electrons. The van der Waals surface area contributed by atoms with Crippen molar-refractivity contribution in [1.29, 1.82) is 0 Å². The lowest BCUT2D eigenvalue weighted by Crippen LogP contribution is -2.51. The molecule has 2 amide bonds. The fraction of sp³-hybridized carbons (Fsp3) is 0.600. The average Bonchev–Trinajstić information content (AvgIpc) is 2.69. The second-order valence-corrected chi connectivity index (χ2v) is 7.61. The van der Waals surface area contributed by atoms with Crippen LogP contribution in [0.4, 0.5) is 0 Å². The number of hydrogen-bond donors (Lipinski definition) is 1. The minimum absolute atomic E-state index is 0.0309. The highest BCUT2D eigenvalue weighted by molar-refractivity contribution is 5.79. The number of nitrogens with one attached hydrogen (secondary N) is 1. The van der Waals surface area contributed by atoms with Gasteiger partial charge < -0.3 is 15.0 Å². The minimum Gasteiger partial charge on any atom is -0.365 e. The van der Waals surface area contributed by atoms with Gasteiger partial charge in [0.25, 0.3) is 0 Å². The van der Waals surface area contributed by atoms with Crippen molar-refractivity contribution in [1.82, 2.24) is 15.1 Å². The van der Waals surface area contributed by atoms with Crippen molar-refractivity contribution < 1.29 is 14.3 Å². The van der Waals surface area contributed by atoms with Gasteiger partial charge in [0.1, 0.15) is 6.61 Å². The predicted molar refractivity (Wildman–Crippen MR) is 97.5 cm³/mol. The Balaban J connectivity index is 1.33. The van der Waals surface area contributed by atoms with Crippen LogP contribution in [0.2, 0.25) is 0 Å². The quantitative estimate of drug-likeness (QED) is 0.869. The molecule has 0 aromatic heterocycles. The molecule has 0 spiro atoms. The standard InChI is InChI=1S/C20H27N3O3/c24-19-14-26-18(10-21-19)13-22-8-3-6-17(11-22)20(25)23-9-7-15-4-1-2-5-16(15)12-23/h1-2,4-5,17-18H,3,6-14H2,(H,21,24). The summed E-state index contributed by atoms with van der Waals surface area (Å²) >= 11 is 0. The van der Waals surface area contributed by atoms with Gasteiger partial charge in [-0.2, -0.15) is 0 Å². The largest absolute Gasteiger partial charge is 0.365 e. The lowest BCUT2D eigenvalue weighted by molar-refractivity contribution is -0.139. The van der Waals surface area contributed by atoms with Crippen LogP contribution < -0.4 is 5.32 Å². The molecule has 26 heavy (non-hydrogen) atoms. The average molecular weight is 357 g/mol. The summed E-state index contributed by atoms with van der Waals surface area (Å²) in [5.74, 6) is 0.326.